The van der Waals surface area contributed by atoms with E-state index in [9.17, 15) is 8.78 Å². The average molecular weight is 348 g/mol. The minimum absolute atomic E-state index is 0.0149. The second kappa shape index (κ2) is 6.71. The SMILES string of the molecule is Cc1ccc([C@H]2CC(c3ccc(F)cc3)=NN2c2ccc(F)cc2)cc1. The molecule has 0 radical (unpaired) electrons. The number of rotatable bonds is 3. The van der Waals surface area contributed by atoms with Crippen LogP contribution in [0.2, 0.25) is 0 Å². The van der Waals surface area contributed by atoms with Gasteiger partial charge in [0.1, 0.15) is 11.6 Å². The Morgan fingerprint density at radius 1 is 0.808 bits per heavy atom. The second-order valence-corrected chi connectivity index (χ2v) is 6.51. The quantitative estimate of drug-likeness (QED) is 0.599. The molecule has 1 atom stereocenters. The Morgan fingerprint density at radius 3 is 2.00 bits per heavy atom. The lowest BCUT2D eigenvalue weighted by Gasteiger charge is -2.24. The molecule has 3 aromatic rings. The first-order chi connectivity index (χ1) is 12.6. The first kappa shape index (κ1) is 16.5. The van der Waals surface area contributed by atoms with Crippen LogP contribution in [0.15, 0.2) is 77.9 Å². The monoisotopic (exact) mass is 348 g/mol. The normalized spacial score (nSPS) is 16.7. The third-order valence-electron chi connectivity index (χ3n) is 4.64. The zero-order valence-electron chi connectivity index (χ0n) is 14.4. The van der Waals surface area contributed by atoms with E-state index in [-0.39, 0.29) is 17.7 Å². The molecule has 0 amide bonds. The van der Waals surface area contributed by atoms with Crippen LogP contribution < -0.4 is 5.01 Å². The fraction of sp³-hybridized carbons (Fsp3) is 0.136. The largest absolute Gasteiger partial charge is 0.257 e. The summed E-state index contributed by atoms with van der Waals surface area (Å²) in [5.74, 6) is -0.541. The maximum Gasteiger partial charge on any atom is 0.123 e. The van der Waals surface area contributed by atoms with E-state index in [0.29, 0.717) is 6.42 Å². The minimum atomic E-state index is -0.275. The van der Waals surface area contributed by atoms with Gasteiger partial charge in [-0.15, -0.1) is 0 Å². The van der Waals surface area contributed by atoms with E-state index in [4.69, 9.17) is 5.10 Å². The Bertz CT molecular complexity index is 929. The third-order valence-corrected chi connectivity index (χ3v) is 4.64. The summed E-state index contributed by atoms with van der Waals surface area (Å²) in [5, 5.41) is 6.69. The Kier molecular flexibility index (Phi) is 4.25. The van der Waals surface area contributed by atoms with Gasteiger partial charge >= 0.3 is 0 Å². The number of hydrazone groups is 1. The first-order valence-corrected chi connectivity index (χ1v) is 8.55. The lowest BCUT2D eigenvalue weighted by atomic mass is 9.97. The van der Waals surface area contributed by atoms with Gasteiger partial charge in [0.15, 0.2) is 0 Å². The predicted molar refractivity (Wildman–Crippen MR) is 100 cm³/mol. The molecule has 0 bridgehead atoms. The summed E-state index contributed by atoms with van der Waals surface area (Å²) in [6.45, 7) is 2.05. The van der Waals surface area contributed by atoms with Crippen LogP contribution in [0.25, 0.3) is 0 Å². The Hall–Kier alpha value is -3.01. The van der Waals surface area contributed by atoms with Gasteiger partial charge in [0.25, 0.3) is 0 Å². The predicted octanol–water partition coefficient (Wildman–Crippen LogP) is 5.63. The van der Waals surface area contributed by atoms with Crippen LogP contribution in [0.3, 0.4) is 0 Å². The van der Waals surface area contributed by atoms with Crippen LogP contribution in [0.1, 0.15) is 29.2 Å². The molecule has 130 valence electrons. The van der Waals surface area contributed by atoms with Crippen LogP contribution in [0.4, 0.5) is 14.5 Å². The number of anilines is 1. The molecular weight excluding hydrogens is 330 g/mol. The van der Waals surface area contributed by atoms with Crippen LogP contribution in [0, 0.1) is 18.6 Å². The molecular formula is C22H18F2N2. The molecule has 0 saturated carbocycles. The van der Waals surface area contributed by atoms with E-state index in [1.807, 2.05) is 5.01 Å². The molecule has 2 nitrogen and oxygen atoms in total. The number of hydrogen-bond donors (Lipinski definition) is 0. The van der Waals surface area contributed by atoms with Gasteiger partial charge in [-0.05, 0) is 54.4 Å². The van der Waals surface area contributed by atoms with Crippen LogP contribution in [-0.4, -0.2) is 5.71 Å². The summed E-state index contributed by atoms with van der Waals surface area (Å²) < 4.78 is 26.6. The summed E-state index contributed by atoms with van der Waals surface area (Å²) in [7, 11) is 0. The Balaban J connectivity index is 1.74. The van der Waals surface area contributed by atoms with Crippen molar-refractivity contribution < 1.29 is 8.78 Å². The summed E-state index contributed by atoms with van der Waals surface area (Å²) in [6, 6.07) is 21.1. The number of benzene rings is 3. The van der Waals surface area contributed by atoms with Gasteiger partial charge in [-0.2, -0.15) is 5.10 Å². The first-order valence-electron chi connectivity index (χ1n) is 8.55. The zero-order chi connectivity index (χ0) is 18.1. The fourth-order valence-corrected chi connectivity index (χ4v) is 3.21. The molecule has 0 spiro atoms. The molecule has 26 heavy (non-hydrogen) atoms. The maximum atomic E-state index is 13.3. The van der Waals surface area contributed by atoms with E-state index in [1.165, 1.54) is 29.8 Å². The summed E-state index contributed by atoms with van der Waals surface area (Å²) in [4.78, 5) is 0. The lowest BCUT2D eigenvalue weighted by molar-refractivity contribution is 0.626. The molecule has 0 fully saturated rings. The van der Waals surface area contributed by atoms with Gasteiger partial charge < -0.3 is 0 Å². The van der Waals surface area contributed by atoms with Crippen molar-refractivity contribution in [3.8, 4) is 0 Å². The van der Waals surface area contributed by atoms with E-state index < -0.39 is 0 Å². The van der Waals surface area contributed by atoms with Crippen LogP contribution in [-0.2, 0) is 0 Å². The van der Waals surface area contributed by atoms with Crippen molar-refractivity contribution in [3.05, 3.63) is 101 Å². The maximum absolute atomic E-state index is 13.3. The summed E-state index contributed by atoms with van der Waals surface area (Å²) >= 11 is 0. The van der Waals surface area contributed by atoms with Crippen molar-refractivity contribution in [1.82, 2.24) is 0 Å². The highest BCUT2D eigenvalue weighted by Gasteiger charge is 2.29. The van der Waals surface area contributed by atoms with Gasteiger partial charge in [0.05, 0.1) is 17.4 Å². The summed E-state index contributed by atoms with van der Waals surface area (Å²) in [6.07, 6.45) is 0.700. The van der Waals surface area contributed by atoms with E-state index in [2.05, 4.69) is 31.2 Å². The van der Waals surface area contributed by atoms with Crippen molar-refractivity contribution in [2.24, 2.45) is 5.10 Å². The number of aryl methyl sites for hydroxylation is 1. The smallest absolute Gasteiger partial charge is 0.123 e. The van der Waals surface area contributed by atoms with Crippen molar-refractivity contribution >= 4 is 11.4 Å². The second-order valence-electron chi connectivity index (χ2n) is 6.51. The van der Waals surface area contributed by atoms with Gasteiger partial charge in [0, 0.05) is 6.42 Å². The van der Waals surface area contributed by atoms with Gasteiger partial charge in [-0.25, -0.2) is 8.78 Å². The highest BCUT2D eigenvalue weighted by molar-refractivity contribution is 6.03. The molecule has 4 rings (SSSR count). The molecule has 0 aromatic heterocycles. The van der Waals surface area contributed by atoms with E-state index >= 15 is 0 Å². The molecule has 0 saturated heterocycles. The third kappa shape index (κ3) is 3.23. The van der Waals surface area contributed by atoms with Gasteiger partial charge in [-0.3, -0.25) is 5.01 Å². The van der Waals surface area contributed by atoms with E-state index in [0.717, 1.165) is 22.5 Å². The van der Waals surface area contributed by atoms with E-state index in [1.54, 1.807) is 24.3 Å². The molecule has 1 heterocycles. The van der Waals surface area contributed by atoms with Gasteiger partial charge in [0.2, 0.25) is 0 Å². The molecule has 4 heteroatoms. The van der Waals surface area contributed by atoms with Crippen molar-refractivity contribution in [2.45, 2.75) is 19.4 Å². The lowest BCUT2D eigenvalue weighted by Crippen LogP contribution is -2.18. The van der Waals surface area contributed by atoms with Crippen molar-refractivity contribution in [1.29, 1.82) is 0 Å². The summed E-state index contributed by atoms with van der Waals surface area (Å²) in [5.41, 5.74) is 4.95. The molecule has 0 aliphatic carbocycles. The Morgan fingerprint density at radius 2 is 1.38 bits per heavy atom. The molecule has 1 aliphatic rings. The Labute approximate surface area is 151 Å². The van der Waals surface area contributed by atoms with Gasteiger partial charge in [-0.1, -0.05) is 42.0 Å². The minimum Gasteiger partial charge on any atom is -0.257 e. The molecule has 0 unspecified atom stereocenters. The van der Waals surface area contributed by atoms with Crippen LogP contribution in [0.5, 0.6) is 0 Å². The molecule has 3 aromatic carbocycles. The van der Waals surface area contributed by atoms with Crippen molar-refractivity contribution in [3.63, 3.8) is 0 Å². The molecule has 1 aliphatic heterocycles. The zero-order valence-corrected chi connectivity index (χ0v) is 14.4. The topological polar surface area (TPSA) is 15.6 Å². The molecule has 0 N–H and O–H groups in total. The highest BCUT2D eigenvalue weighted by atomic mass is 19.1. The van der Waals surface area contributed by atoms with Crippen molar-refractivity contribution in [2.75, 3.05) is 5.01 Å². The average Bonchev–Trinajstić information content (AvgIpc) is 3.09. The fourth-order valence-electron chi connectivity index (χ4n) is 3.21. The van der Waals surface area contributed by atoms with Crippen LogP contribution >= 0.6 is 0 Å². The number of nitrogens with zero attached hydrogens (tertiary/aromatic N) is 2. The number of halogens is 2. The highest BCUT2D eigenvalue weighted by Crippen LogP contribution is 2.36. The number of hydrogen-bond acceptors (Lipinski definition) is 2. The standard InChI is InChI=1S/C22H18F2N2/c1-15-2-4-17(5-3-15)22-14-21(16-6-8-18(23)9-7-16)25-26(22)20-12-10-19(24)11-13-20/h2-13,22H,14H2,1H3/t22-/m1/s1.